The van der Waals surface area contributed by atoms with Gasteiger partial charge in [0.15, 0.2) is 9.84 Å². The van der Waals surface area contributed by atoms with Crippen molar-refractivity contribution < 1.29 is 22.7 Å². The van der Waals surface area contributed by atoms with E-state index in [1.54, 1.807) is 73.8 Å². The van der Waals surface area contributed by atoms with Gasteiger partial charge < -0.3 is 15.4 Å². The molecular formula is C24H24N2O5S. The molecular weight excluding hydrogens is 428 g/mol. The third-order valence-electron chi connectivity index (χ3n) is 4.73. The third kappa shape index (κ3) is 6.42. The molecule has 2 N–H and O–H groups in total. The summed E-state index contributed by atoms with van der Waals surface area (Å²) < 4.78 is 30.0. The van der Waals surface area contributed by atoms with Crippen LogP contribution in [0.25, 0.3) is 0 Å². The Morgan fingerprint density at radius 3 is 2.06 bits per heavy atom. The fourth-order valence-corrected chi connectivity index (χ4v) is 4.32. The van der Waals surface area contributed by atoms with Gasteiger partial charge in [-0.25, -0.2) is 8.42 Å². The van der Waals surface area contributed by atoms with Crippen molar-refractivity contribution in [2.24, 2.45) is 0 Å². The van der Waals surface area contributed by atoms with Crippen LogP contribution in [0.5, 0.6) is 5.75 Å². The summed E-state index contributed by atoms with van der Waals surface area (Å²) in [4.78, 5) is 24.5. The van der Waals surface area contributed by atoms with Crippen LogP contribution in [-0.2, 0) is 26.9 Å². The lowest BCUT2D eigenvalue weighted by Crippen LogP contribution is -2.36. The maximum atomic E-state index is 12.5. The summed E-state index contributed by atoms with van der Waals surface area (Å²) >= 11 is 0. The number of hydrogen-bond acceptors (Lipinski definition) is 5. The molecule has 0 aliphatic rings. The van der Waals surface area contributed by atoms with Crippen LogP contribution in [0.3, 0.4) is 0 Å². The van der Waals surface area contributed by atoms with Crippen LogP contribution in [0.2, 0.25) is 0 Å². The van der Waals surface area contributed by atoms with Crippen LogP contribution in [0.15, 0.2) is 83.8 Å². The molecule has 32 heavy (non-hydrogen) atoms. The summed E-state index contributed by atoms with van der Waals surface area (Å²) in [5, 5.41) is 5.29. The lowest BCUT2D eigenvalue weighted by molar-refractivity contribution is -0.120. The fourth-order valence-electron chi connectivity index (χ4n) is 2.95. The van der Waals surface area contributed by atoms with E-state index in [2.05, 4.69) is 10.6 Å². The van der Waals surface area contributed by atoms with Crippen molar-refractivity contribution in [1.29, 1.82) is 0 Å². The molecule has 0 atom stereocenters. The Balaban J connectivity index is 1.48. The first-order valence-electron chi connectivity index (χ1n) is 9.92. The molecule has 2 amide bonds. The lowest BCUT2D eigenvalue weighted by Gasteiger charge is -2.09. The van der Waals surface area contributed by atoms with Gasteiger partial charge in [-0.15, -0.1) is 0 Å². The van der Waals surface area contributed by atoms with E-state index in [1.165, 1.54) is 0 Å². The maximum Gasteiger partial charge on any atom is 0.251 e. The zero-order valence-corrected chi connectivity index (χ0v) is 18.4. The van der Waals surface area contributed by atoms with Gasteiger partial charge in [-0.2, -0.15) is 0 Å². The number of rotatable bonds is 9. The van der Waals surface area contributed by atoms with E-state index in [0.29, 0.717) is 17.7 Å². The van der Waals surface area contributed by atoms with E-state index in [0.717, 1.165) is 11.3 Å². The second kappa shape index (κ2) is 10.6. The molecule has 0 saturated carbocycles. The molecule has 0 aliphatic heterocycles. The van der Waals surface area contributed by atoms with Crippen molar-refractivity contribution in [3.8, 4) is 5.75 Å². The zero-order chi connectivity index (χ0) is 23.0. The van der Waals surface area contributed by atoms with Crippen LogP contribution in [0, 0.1) is 0 Å². The molecule has 3 rings (SSSR count). The monoisotopic (exact) mass is 452 g/mol. The Kier molecular flexibility index (Phi) is 7.62. The Bertz CT molecular complexity index is 1160. The molecule has 0 aliphatic carbocycles. The highest BCUT2D eigenvalue weighted by atomic mass is 32.2. The van der Waals surface area contributed by atoms with Gasteiger partial charge in [-0.1, -0.05) is 42.5 Å². The van der Waals surface area contributed by atoms with E-state index in [-0.39, 0.29) is 23.1 Å². The minimum atomic E-state index is -3.46. The fraction of sp³-hybridized carbons (Fsp3) is 0.167. The summed E-state index contributed by atoms with van der Waals surface area (Å²) in [5.41, 5.74) is 1.82. The maximum absolute atomic E-state index is 12.5. The second-order valence-electron chi connectivity index (χ2n) is 7.08. The van der Waals surface area contributed by atoms with E-state index in [1.807, 2.05) is 12.1 Å². The zero-order valence-electron chi connectivity index (χ0n) is 17.6. The normalized spacial score (nSPS) is 10.9. The molecule has 7 nitrogen and oxygen atoms in total. The van der Waals surface area contributed by atoms with Crippen LogP contribution in [0.4, 0.5) is 0 Å². The average molecular weight is 453 g/mol. The molecule has 0 bridgehead atoms. The van der Waals surface area contributed by atoms with E-state index >= 15 is 0 Å². The first-order chi connectivity index (χ1) is 15.4. The highest BCUT2D eigenvalue weighted by Gasteiger charge is 2.15. The molecule has 0 spiro atoms. The van der Waals surface area contributed by atoms with Crippen LogP contribution >= 0.6 is 0 Å². The van der Waals surface area contributed by atoms with Gasteiger partial charge in [-0.05, 0) is 47.5 Å². The number of ether oxygens (including phenoxy) is 1. The van der Waals surface area contributed by atoms with Crippen LogP contribution in [-0.4, -0.2) is 33.9 Å². The molecule has 0 heterocycles. The quantitative estimate of drug-likeness (QED) is 0.520. The summed E-state index contributed by atoms with van der Waals surface area (Å²) in [6.45, 7) is 0.169. The molecule has 0 saturated heterocycles. The Morgan fingerprint density at radius 1 is 0.812 bits per heavy atom. The first-order valence-corrected chi connectivity index (χ1v) is 11.6. The Morgan fingerprint density at radius 2 is 1.44 bits per heavy atom. The van der Waals surface area contributed by atoms with Crippen molar-refractivity contribution in [1.82, 2.24) is 10.6 Å². The SMILES string of the molecule is COc1ccc(CNC(=O)CNC(=O)c2ccc(CS(=O)(=O)c3ccccc3)cc2)cc1. The highest BCUT2D eigenvalue weighted by molar-refractivity contribution is 7.90. The summed E-state index contributed by atoms with van der Waals surface area (Å²) in [6, 6.07) is 21.8. The molecule has 3 aromatic rings. The summed E-state index contributed by atoms with van der Waals surface area (Å²) in [5.74, 6) is -0.162. The predicted molar refractivity (Wildman–Crippen MR) is 121 cm³/mol. The summed E-state index contributed by atoms with van der Waals surface area (Å²) in [7, 11) is -1.88. The smallest absolute Gasteiger partial charge is 0.251 e. The topological polar surface area (TPSA) is 102 Å². The van der Waals surface area contributed by atoms with Crippen LogP contribution < -0.4 is 15.4 Å². The highest BCUT2D eigenvalue weighted by Crippen LogP contribution is 2.16. The molecule has 0 aromatic heterocycles. The van der Waals surface area contributed by atoms with Crippen molar-refractivity contribution in [3.05, 3.63) is 95.6 Å². The first kappa shape index (κ1) is 23.0. The minimum absolute atomic E-state index is 0.160. The van der Waals surface area contributed by atoms with E-state index in [9.17, 15) is 18.0 Å². The van der Waals surface area contributed by atoms with Gasteiger partial charge in [0.05, 0.1) is 24.3 Å². The number of hydrogen-bond donors (Lipinski definition) is 2. The van der Waals surface area contributed by atoms with Gasteiger partial charge in [0.25, 0.3) is 5.91 Å². The van der Waals surface area contributed by atoms with Gasteiger partial charge in [-0.3, -0.25) is 9.59 Å². The number of carbonyl (C=O) groups is 2. The lowest BCUT2D eigenvalue weighted by atomic mass is 10.1. The van der Waals surface area contributed by atoms with Gasteiger partial charge in [0.1, 0.15) is 5.75 Å². The number of sulfone groups is 1. The van der Waals surface area contributed by atoms with Gasteiger partial charge >= 0.3 is 0 Å². The molecule has 166 valence electrons. The molecule has 8 heteroatoms. The number of carbonyl (C=O) groups excluding carboxylic acids is 2. The van der Waals surface area contributed by atoms with Crippen molar-refractivity contribution in [2.45, 2.75) is 17.2 Å². The van der Waals surface area contributed by atoms with Gasteiger partial charge in [0.2, 0.25) is 5.91 Å². The van der Waals surface area contributed by atoms with Crippen LogP contribution in [0.1, 0.15) is 21.5 Å². The molecule has 3 aromatic carbocycles. The van der Waals surface area contributed by atoms with Crippen molar-refractivity contribution in [2.75, 3.05) is 13.7 Å². The predicted octanol–water partition coefficient (Wildman–Crippen LogP) is 2.72. The Hall–Kier alpha value is -3.65. The van der Waals surface area contributed by atoms with E-state index < -0.39 is 15.7 Å². The number of nitrogens with one attached hydrogen (secondary N) is 2. The minimum Gasteiger partial charge on any atom is -0.497 e. The van der Waals surface area contributed by atoms with Crippen molar-refractivity contribution in [3.63, 3.8) is 0 Å². The van der Waals surface area contributed by atoms with Crippen molar-refractivity contribution >= 4 is 21.7 Å². The van der Waals surface area contributed by atoms with E-state index in [4.69, 9.17) is 4.74 Å². The summed E-state index contributed by atoms with van der Waals surface area (Å²) in [6.07, 6.45) is 0. The standard InChI is InChI=1S/C24H24N2O5S/c1-31-21-13-9-18(10-14-21)15-25-23(27)16-26-24(28)20-11-7-19(8-12-20)17-32(29,30)22-5-3-2-4-6-22/h2-14H,15-17H2,1H3,(H,25,27)(H,26,28). The average Bonchev–Trinajstić information content (AvgIpc) is 2.82. The number of amides is 2. The number of methoxy groups -OCH3 is 1. The molecule has 0 radical (unpaired) electrons. The molecule has 0 fully saturated rings. The third-order valence-corrected chi connectivity index (χ3v) is 6.44. The molecule has 0 unspecified atom stereocenters. The second-order valence-corrected chi connectivity index (χ2v) is 9.07. The largest absolute Gasteiger partial charge is 0.497 e. The number of benzene rings is 3. The Labute approximate surface area is 187 Å². The van der Waals surface area contributed by atoms with Gasteiger partial charge in [0, 0.05) is 12.1 Å².